The molecule has 12 nitrogen and oxygen atoms in total. The molecule has 0 radical (unpaired) electrons. The van der Waals surface area contributed by atoms with E-state index in [1.807, 2.05) is 19.3 Å². The molecular formula is C20H37NO11. The van der Waals surface area contributed by atoms with E-state index in [4.69, 9.17) is 19.0 Å². The lowest BCUT2D eigenvalue weighted by Crippen LogP contribution is -2.64. The van der Waals surface area contributed by atoms with Crippen molar-refractivity contribution >= 4 is 11.9 Å². The van der Waals surface area contributed by atoms with Crippen molar-refractivity contribution in [3.05, 3.63) is 0 Å². The summed E-state index contributed by atoms with van der Waals surface area (Å²) in [5, 5.41) is 50.9. The maximum Gasteiger partial charge on any atom is 0.335 e. The lowest BCUT2D eigenvalue weighted by atomic mass is 9.94. The monoisotopic (exact) mass is 467 g/mol. The maximum absolute atomic E-state index is 11.9. The first-order chi connectivity index (χ1) is 14.9. The Morgan fingerprint density at radius 2 is 1.75 bits per heavy atom. The summed E-state index contributed by atoms with van der Waals surface area (Å²) in [4.78, 5) is 28.0. The SMILES string of the molecule is CC[C@@H](O)C(OC1OC(C(=O)O)C(OC(C)(CC)CC)C(O)C1O)C(CO)ONC(C)=O. The van der Waals surface area contributed by atoms with Crippen molar-refractivity contribution in [2.24, 2.45) is 0 Å². The Morgan fingerprint density at radius 3 is 2.19 bits per heavy atom. The molecule has 32 heavy (non-hydrogen) atoms. The minimum Gasteiger partial charge on any atom is -0.479 e. The minimum absolute atomic E-state index is 0.134. The molecule has 1 rings (SSSR count). The predicted molar refractivity (Wildman–Crippen MR) is 109 cm³/mol. The molecular weight excluding hydrogens is 430 g/mol. The Kier molecular flexibility index (Phi) is 11.4. The average molecular weight is 468 g/mol. The van der Waals surface area contributed by atoms with E-state index < -0.39 is 73.1 Å². The van der Waals surface area contributed by atoms with Gasteiger partial charge in [-0.1, -0.05) is 20.8 Å². The Bertz CT molecular complexity index is 600. The molecule has 8 atom stereocenters. The number of aliphatic hydroxyl groups is 4. The average Bonchev–Trinajstić information content (AvgIpc) is 2.76. The standard InChI is InChI=1S/C20H37NO11/c1-6-11(24)15(12(9-22)32-21-10(4)23)29-19-14(26)13(25)16(17(30-19)18(27)28)31-20(5,7-2)8-3/h11-17,19,22,24-26H,6-9H2,1-5H3,(H,21,23)(H,27,28)/t11-,12?,13?,14?,15?,16?,17?,19?/m1/s1. The Balaban J connectivity index is 3.13. The number of aliphatic carboxylic acids is 1. The number of hydrogen-bond donors (Lipinski definition) is 6. The van der Waals surface area contributed by atoms with Gasteiger partial charge >= 0.3 is 5.97 Å². The first-order valence-electron chi connectivity index (χ1n) is 10.7. The number of ether oxygens (including phenoxy) is 3. The minimum atomic E-state index is -1.74. The van der Waals surface area contributed by atoms with Crippen LogP contribution in [0.1, 0.15) is 53.9 Å². The van der Waals surface area contributed by atoms with Gasteiger partial charge in [-0.25, -0.2) is 10.3 Å². The fraction of sp³-hybridized carbons (Fsp3) is 0.900. The number of carbonyl (C=O) groups excluding carboxylic acids is 1. The van der Waals surface area contributed by atoms with Crippen molar-refractivity contribution in [1.82, 2.24) is 5.48 Å². The molecule has 0 spiro atoms. The van der Waals surface area contributed by atoms with Gasteiger partial charge in [0.1, 0.15) is 30.5 Å². The van der Waals surface area contributed by atoms with Crippen molar-refractivity contribution < 1.29 is 54.2 Å². The van der Waals surface area contributed by atoms with Crippen LogP contribution in [0.4, 0.5) is 0 Å². The quantitative estimate of drug-likeness (QED) is 0.184. The maximum atomic E-state index is 11.9. The van der Waals surface area contributed by atoms with Crippen LogP contribution in [0.15, 0.2) is 0 Å². The van der Waals surface area contributed by atoms with Crippen molar-refractivity contribution in [2.45, 2.75) is 108 Å². The largest absolute Gasteiger partial charge is 0.479 e. The fourth-order valence-corrected chi connectivity index (χ4v) is 3.21. The number of amides is 1. The van der Waals surface area contributed by atoms with Gasteiger partial charge in [-0.3, -0.25) is 9.63 Å². The van der Waals surface area contributed by atoms with Crippen LogP contribution in [-0.2, 0) is 28.6 Å². The molecule has 1 aliphatic rings. The van der Waals surface area contributed by atoms with Crippen LogP contribution in [0.25, 0.3) is 0 Å². The Morgan fingerprint density at radius 1 is 1.16 bits per heavy atom. The molecule has 1 aliphatic heterocycles. The molecule has 1 heterocycles. The number of nitrogens with one attached hydrogen (secondary N) is 1. The van der Waals surface area contributed by atoms with Gasteiger partial charge in [0.15, 0.2) is 12.4 Å². The number of carbonyl (C=O) groups is 2. The van der Waals surface area contributed by atoms with Gasteiger partial charge < -0.3 is 39.7 Å². The third-order valence-electron chi connectivity index (χ3n) is 5.69. The summed E-state index contributed by atoms with van der Waals surface area (Å²) >= 11 is 0. The predicted octanol–water partition coefficient (Wildman–Crippen LogP) is -0.934. The van der Waals surface area contributed by atoms with E-state index in [0.717, 1.165) is 0 Å². The van der Waals surface area contributed by atoms with E-state index in [1.165, 1.54) is 6.92 Å². The van der Waals surface area contributed by atoms with Crippen LogP contribution in [0.3, 0.4) is 0 Å². The molecule has 0 aliphatic carbocycles. The lowest BCUT2D eigenvalue weighted by molar-refractivity contribution is -0.333. The smallest absolute Gasteiger partial charge is 0.335 e. The highest BCUT2D eigenvalue weighted by molar-refractivity contribution is 5.73. The first kappa shape index (κ1) is 28.7. The van der Waals surface area contributed by atoms with Gasteiger partial charge in [0, 0.05) is 6.92 Å². The number of hydrogen-bond acceptors (Lipinski definition) is 10. The van der Waals surface area contributed by atoms with E-state index in [0.29, 0.717) is 12.8 Å². The zero-order valence-electron chi connectivity index (χ0n) is 19.1. The van der Waals surface area contributed by atoms with Gasteiger partial charge in [0.05, 0.1) is 18.3 Å². The molecule has 188 valence electrons. The van der Waals surface area contributed by atoms with Crippen molar-refractivity contribution in [2.75, 3.05) is 6.61 Å². The van der Waals surface area contributed by atoms with E-state index in [2.05, 4.69) is 0 Å². The summed E-state index contributed by atoms with van der Waals surface area (Å²) < 4.78 is 16.9. The zero-order chi connectivity index (χ0) is 24.6. The first-order valence-corrected chi connectivity index (χ1v) is 10.7. The van der Waals surface area contributed by atoms with Crippen LogP contribution in [0.2, 0.25) is 0 Å². The van der Waals surface area contributed by atoms with Gasteiger partial charge in [-0.05, 0) is 26.2 Å². The van der Waals surface area contributed by atoms with Gasteiger partial charge in [0.25, 0.3) is 0 Å². The second-order valence-corrected chi connectivity index (χ2v) is 8.06. The molecule has 6 N–H and O–H groups in total. The summed E-state index contributed by atoms with van der Waals surface area (Å²) in [6.45, 7) is 7.54. The molecule has 7 unspecified atom stereocenters. The van der Waals surface area contributed by atoms with Crippen LogP contribution in [0, 0.1) is 0 Å². The molecule has 0 saturated carbocycles. The zero-order valence-corrected chi connectivity index (χ0v) is 19.1. The van der Waals surface area contributed by atoms with E-state index in [9.17, 15) is 35.1 Å². The number of rotatable bonds is 13. The summed E-state index contributed by atoms with van der Waals surface area (Å²) in [6.07, 6.45) is -10.8. The van der Waals surface area contributed by atoms with Gasteiger partial charge in [-0.15, -0.1) is 0 Å². The summed E-state index contributed by atoms with van der Waals surface area (Å²) in [5.74, 6) is -2.01. The number of aliphatic hydroxyl groups excluding tert-OH is 4. The highest BCUT2D eigenvalue weighted by Gasteiger charge is 2.52. The summed E-state index contributed by atoms with van der Waals surface area (Å²) in [5.41, 5.74) is 1.27. The third-order valence-corrected chi connectivity index (χ3v) is 5.69. The third kappa shape index (κ3) is 7.32. The van der Waals surface area contributed by atoms with Crippen LogP contribution >= 0.6 is 0 Å². The second kappa shape index (κ2) is 12.8. The normalized spacial score (nSPS) is 29.2. The highest BCUT2D eigenvalue weighted by atomic mass is 16.7. The topological polar surface area (TPSA) is 184 Å². The molecule has 0 bridgehead atoms. The molecule has 0 aromatic heterocycles. The summed E-state index contributed by atoms with van der Waals surface area (Å²) in [6, 6.07) is 0. The van der Waals surface area contributed by atoms with E-state index in [-0.39, 0.29) is 6.42 Å². The summed E-state index contributed by atoms with van der Waals surface area (Å²) in [7, 11) is 0. The van der Waals surface area contributed by atoms with E-state index in [1.54, 1.807) is 13.8 Å². The molecule has 1 amide bonds. The van der Waals surface area contributed by atoms with Crippen LogP contribution in [-0.4, -0.2) is 98.6 Å². The number of hydroxylamine groups is 1. The number of carboxylic acid groups (broad SMARTS) is 1. The van der Waals surface area contributed by atoms with Gasteiger partial charge in [-0.2, -0.15) is 0 Å². The van der Waals surface area contributed by atoms with Crippen molar-refractivity contribution in [1.29, 1.82) is 0 Å². The van der Waals surface area contributed by atoms with E-state index >= 15 is 0 Å². The second-order valence-electron chi connectivity index (χ2n) is 8.06. The van der Waals surface area contributed by atoms with Crippen molar-refractivity contribution in [3.8, 4) is 0 Å². The Hall–Kier alpha value is -1.38. The van der Waals surface area contributed by atoms with Gasteiger partial charge in [0.2, 0.25) is 5.91 Å². The highest BCUT2D eigenvalue weighted by Crippen LogP contribution is 2.32. The van der Waals surface area contributed by atoms with Crippen LogP contribution in [0.5, 0.6) is 0 Å². The molecule has 1 saturated heterocycles. The Labute approximate surface area is 187 Å². The lowest BCUT2D eigenvalue weighted by Gasteiger charge is -2.45. The fourth-order valence-electron chi connectivity index (χ4n) is 3.21. The van der Waals surface area contributed by atoms with Crippen LogP contribution < -0.4 is 5.48 Å². The molecule has 1 fully saturated rings. The van der Waals surface area contributed by atoms with Crippen molar-refractivity contribution in [3.63, 3.8) is 0 Å². The molecule has 12 heteroatoms. The number of carboxylic acids is 1. The molecule has 0 aromatic rings. The molecule has 0 aromatic carbocycles.